The Kier molecular flexibility index (Phi) is 4.71. The fourth-order valence-corrected chi connectivity index (χ4v) is 1.05. The first-order valence-electron chi connectivity index (χ1n) is 3.75. The van der Waals surface area contributed by atoms with Gasteiger partial charge in [-0.05, 0) is 24.6 Å². The van der Waals surface area contributed by atoms with Crippen molar-refractivity contribution in [3.8, 4) is 0 Å². The highest BCUT2D eigenvalue weighted by Crippen LogP contribution is 2.20. The van der Waals surface area contributed by atoms with Crippen molar-refractivity contribution in [3.63, 3.8) is 0 Å². The molecule has 0 radical (unpaired) electrons. The van der Waals surface area contributed by atoms with E-state index in [0.717, 1.165) is 5.56 Å². The highest BCUT2D eigenvalue weighted by Gasteiger charge is 2.19. The summed E-state index contributed by atoms with van der Waals surface area (Å²) in [6.45, 7) is 1.88. The van der Waals surface area contributed by atoms with Crippen LogP contribution in [0, 0.1) is 0 Å². The molecule has 0 amide bonds. The van der Waals surface area contributed by atoms with Gasteiger partial charge in [-0.15, -0.1) is 12.4 Å². The smallest absolute Gasteiger partial charge is 0.0990 e. The zero-order chi connectivity index (χ0) is 9.19. The topological polar surface area (TPSA) is 46.2 Å². The maximum absolute atomic E-state index is 9.72. The van der Waals surface area contributed by atoms with Gasteiger partial charge in [0.2, 0.25) is 0 Å². The number of hydrogen-bond acceptors (Lipinski definition) is 2. The van der Waals surface area contributed by atoms with Gasteiger partial charge in [0, 0.05) is 11.6 Å². The molecule has 2 nitrogen and oxygen atoms in total. The summed E-state index contributed by atoms with van der Waals surface area (Å²) in [4.78, 5) is 0. The fraction of sp³-hybridized carbons (Fsp3) is 0.333. The van der Waals surface area contributed by atoms with Crippen LogP contribution in [0.1, 0.15) is 12.5 Å². The molecule has 0 fully saturated rings. The molecule has 1 atom stereocenters. The van der Waals surface area contributed by atoms with Crippen LogP contribution in [0.4, 0.5) is 0 Å². The zero-order valence-electron chi connectivity index (χ0n) is 7.33. The lowest BCUT2D eigenvalue weighted by molar-refractivity contribution is 0.0668. The molecule has 0 saturated carbocycles. The van der Waals surface area contributed by atoms with Crippen molar-refractivity contribution >= 4 is 24.0 Å². The Morgan fingerprint density at radius 1 is 1.38 bits per heavy atom. The van der Waals surface area contributed by atoms with Crippen LogP contribution in [0.15, 0.2) is 24.3 Å². The van der Waals surface area contributed by atoms with E-state index in [4.69, 9.17) is 17.3 Å². The van der Waals surface area contributed by atoms with Gasteiger partial charge in [-0.25, -0.2) is 0 Å². The van der Waals surface area contributed by atoms with Gasteiger partial charge in [0.25, 0.3) is 0 Å². The normalized spacial score (nSPS) is 14.5. The zero-order valence-corrected chi connectivity index (χ0v) is 8.90. The third-order valence-electron chi connectivity index (χ3n) is 1.86. The van der Waals surface area contributed by atoms with Gasteiger partial charge in [0.15, 0.2) is 0 Å². The summed E-state index contributed by atoms with van der Waals surface area (Å²) in [7, 11) is 0. The standard InChI is InChI=1S/C9H12ClNO.ClH/c1-9(12,6-11)7-2-4-8(10)5-3-7;/h2-5,12H,6,11H2,1H3;1H. The van der Waals surface area contributed by atoms with Gasteiger partial charge in [0.1, 0.15) is 0 Å². The molecule has 0 aliphatic carbocycles. The van der Waals surface area contributed by atoms with Crippen LogP contribution in [0.3, 0.4) is 0 Å². The Morgan fingerprint density at radius 3 is 2.23 bits per heavy atom. The summed E-state index contributed by atoms with van der Waals surface area (Å²) in [5, 5.41) is 10.4. The minimum Gasteiger partial charge on any atom is -0.384 e. The van der Waals surface area contributed by atoms with Crippen LogP contribution in [-0.4, -0.2) is 11.7 Å². The second-order valence-electron chi connectivity index (χ2n) is 2.98. The molecule has 1 aromatic carbocycles. The van der Waals surface area contributed by atoms with Crippen molar-refractivity contribution in [2.75, 3.05) is 6.54 Å². The molecule has 13 heavy (non-hydrogen) atoms. The molecule has 0 aliphatic rings. The first kappa shape index (κ1) is 12.7. The molecule has 0 bridgehead atoms. The number of aliphatic hydroxyl groups is 1. The van der Waals surface area contributed by atoms with Crippen LogP contribution < -0.4 is 5.73 Å². The number of nitrogens with two attached hydrogens (primary N) is 1. The molecule has 4 heteroatoms. The molecule has 0 saturated heterocycles. The summed E-state index contributed by atoms with van der Waals surface area (Å²) < 4.78 is 0. The van der Waals surface area contributed by atoms with Crippen LogP contribution in [0.25, 0.3) is 0 Å². The number of rotatable bonds is 2. The van der Waals surface area contributed by atoms with Crippen molar-refractivity contribution in [1.29, 1.82) is 0 Å². The summed E-state index contributed by atoms with van der Waals surface area (Å²) in [5.41, 5.74) is 5.23. The van der Waals surface area contributed by atoms with Crippen molar-refractivity contribution < 1.29 is 5.11 Å². The van der Waals surface area contributed by atoms with Gasteiger partial charge in [-0.1, -0.05) is 23.7 Å². The Bertz CT molecular complexity index is 259. The van der Waals surface area contributed by atoms with Crippen molar-refractivity contribution in [2.45, 2.75) is 12.5 Å². The minimum atomic E-state index is -0.954. The molecular formula is C9H13Cl2NO. The van der Waals surface area contributed by atoms with Gasteiger partial charge >= 0.3 is 0 Å². The Hall–Kier alpha value is -0.280. The molecule has 0 heterocycles. The van der Waals surface area contributed by atoms with Gasteiger partial charge < -0.3 is 10.8 Å². The van der Waals surface area contributed by atoms with Gasteiger partial charge in [0.05, 0.1) is 5.60 Å². The van der Waals surface area contributed by atoms with E-state index in [1.807, 2.05) is 0 Å². The van der Waals surface area contributed by atoms with Crippen molar-refractivity contribution in [2.24, 2.45) is 5.73 Å². The monoisotopic (exact) mass is 221 g/mol. The minimum absolute atomic E-state index is 0. The Morgan fingerprint density at radius 2 is 1.85 bits per heavy atom. The van der Waals surface area contributed by atoms with E-state index >= 15 is 0 Å². The second kappa shape index (κ2) is 4.82. The molecule has 0 aromatic heterocycles. The summed E-state index contributed by atoms with van der Waals surface area (Å²) >= 11 is 5.69. The Labute approximate surface area is 89.1 Å². The SMILES string of the molecule is CC(O)(CN)c1ccc(Cl)cc1.Cl. The second-order valence-corrected chi connectivity index (χ2v) is 3.42. The van der Waals surface area contributed by atoms with Gasteiger partial charge in [-0.3, -0.25) is 0 Å². The molecule has 3 N–H and O–H groups in total. The Balaban J connectivity index is 0.00000144. The van der Waals surface area contributed by atoms with E-state index in [-0.39, 0.29) is 19.0 Å². The molecule has 0 aliphatic heterocycles. The number of hydrogen-bond donors (Lipinski definition) is 2. The molecule has 74 valence electrons. The lowest BCUT2D eigenvalue weighted by Gasteiger charge is -2.21. The summed E-state index contributed by atoms with van der Waals surface area (Å²) in [5.74, 6) is 0. The van der Waals surface area contributed by atoms with E-state index in [1.165, 1.54) is 0 Å². The highest BCUT2D eigenvalue weighted by molar-refractivity contribution is 6.30. The third-order valence-corrected chi connectivity index (χ3v) is 2.12. The molecule has 1 rings (SSSR count). The van der Waals surface area contributed by atoms with E-state index < -0.39 is 5.60 Å². The summed E-state index contributed by atoms with van der Waals surface area (Å²) in [6.07, 6.45) is 0. The van der Waals surface area contributed by atoms with Crippen molar-refractivity contribution in [1.82, 2.24) is 0 Å². The van der Waals surface area contributed by atoms with E-state index in [1.54, 1.807) is 31.2 Å². The quantitative estimate of drug-likeness (QED) is 0.803. The van der Waals surface area contributed by atoms with Crippen LogP contribution >= 0.6 is 24.0 Å². The number of benzene rings is 1. The summed E-state index contributed by atoms with van der Waals surface area (Å²) in [6, 6.07) is 7.02. The fourth-order valence-electron chi connectivity index (χ4n) is 0.927. The van der Waals surface area contributed by atoms with E-state index in [9.17, 15) is 5.11 Å². The van der Waals surface area contributed by atoms with E-state index in [2.05, 4.69) is 0 Å². The van der Waals surface area contributed by atoms with Crippen LogP contribution in [0.2, 0.25) is 5.02 Å². The molecule has 1 aromatic rings. The lowest BCUT2D eigenvalue weighted by atomic mass is 9.97. The molecular weight excluding hydrogens is 209 g/mol. The molecule has 1 unspecified atom stereocenters. The van der Waals surface area contributed by atoms with E-state index in [0.29, 0.717) is 5.02 Å². The average molecular weight is 222 g/mol. The third kappa shape index (κ3) is 3.16. The first-order chi connectivity index (χ1) is 5.56. The predicted octanol–water partition coefficient (Wildman–Crippen LogP) is 1.93. The molecule has 0 spiro atoms. The lowest BCUT2D eigenvalue weighted by Crippen LogP contribution is -2.31. The predicted molar refractivity (Wildman–Crippen MR) is 57.3 cm³/mol. The largest absolute Gasteiger partial charge is 0.384 e. The maximum atomic E-state index is 9.72. The average Bonchev–Trinajstić information content (AvgIpc) is 2.05. The maximum Gasteiger partial charge on any atom is 0.0990 e. The number of halogens is 2. The first-order valence-corrected chi connectivity index (χ1v) is 4.12. The van der Waals surface area contributed by atoms with Crippen molar-refractivity contribution in [3.05, 3.63) is 34.9 Å². The highest BCUT2D eigenvalue weighted by atomic mass is 35.5. The van der Waals surface area contributed by atoms with Crippen LogP contribution in [0.5, 0.6) is 0 Å². The van der Waals surface area contributed by atoms with Crippen LogP contribution in [-0.2, 0) is 5.60 Å². The van der Waals surface area contributed by atoms with Gasteiger partial charge in [-0.2, -0.15) is 0 Å².